The van der Waals surface area contributed by atoms with Crippen molar-refractivity contribution >= 4 is 5.78 Å². The zero-order chi connectivity index (χ0) is 12.7. The van der Waals surface area contributed by atoms with Crippen molar-refractivity contribution in [3.63, 3.8) is 0 Å². The van der Waals surface area contributed by atoms with Gasteiger partial charge in [0, 0.05) is 17.8 Å². The summed E-state index contributed by atoms with van der Waals surface area (Å²) in [4.78, 5) is 12.5. The Labute approximate surface area is 109 Å². The summed E-state index contributed by atoms with van der Waals surface area (Å²) in [6.07, 6.45) is 5.77. The van der Waals surface area contributed by atoms with E-state index in [1.165, 1.54) is 12.0 Å². The van der Waals surface area contributed by atoms with Crippen molar-refractivity contribution in [2.75, 3.05) is 0 Å². The molecule has 4 unspecified atom stereocenters. The van der Waals surface area contributed by atoms with Crippen molar-refractivity contribution in [3.05, 3.63) is 48.0 Å². The molecule has 94 valence electrons. The summed E-state index contributed by atoms with van der Waals surface area (Å²) < 4.78 is 0. The molecule has 0 aromatic heterocycles. The van der Waals surface area contributed by atoms with Gasteiger partial charge in [0.2, 0.25) is 0 Å². The number of Topliss-reactive ketones (excluding diaryl/α,β-unsaturated/α-hetero) is 1. The molecule has 1 saturated carbocycles. The quantitative estimate of drug-likeness (QED) is 0.734. The molecule has 3 rings (SSSR count). The smallest absolute Gasteiger partial charge is 0.139 e. The molecule has 4 atom stereocenters. The Morgan fingerprint density at radius 3 is 2.44 bits per heavy atom. The highest BCUT2D eigenvalue weighted by Crippen LogP contribution is 2.53. The molecule has 2 bridgehead atoms. The van der Waals surface area contributed by atoms with Crippen LogP contribution in [0.5, 0.6) is 0 Å². The Bertz CT molecular complexity index is 472. The zero-order valence-corrected chi connectivity index (χ0v) is 11.0. The van der Waals surface area contributed by atoms with E-state index in [0.717, 1.165) is 0 Å². The fourth-order valence-corrected chi connectivity index (χ4v) is 3.72. The van der Waals surface area contributed by atoms with Crippen LogP contribution in [0.3, 0.4) is 0 Å². The summed E-state index contributed by atoms with van der Waals surface area (Å²) in [5.74, 6) is 2.27. The van der Waals surface area contributed by atoms with Crippen LogP contribution in [0.2, 0.25) is 0 Å². The van der Waals surface area contributed by atoms with Crippen LogP contribution in [0.4, 0.5) is 0 Å². The minimum absolute atomic E-state index is 0.147. The van der Waals surface area contributed by atoms with Gasteiger partial charge in [0.05, 0.1) is 0 Å². The van der Waals surface area contributed by atoms with Gasteiger partial charge in [-0.3, -0.25) is 4.79 Å². The molecule has 0 heterocycles. The maximum absolute atomic E-state index is 12.5. The first-order chi connectivity index (χ1) is 8.68. The molecule has 18 heavy (non-hydrogen) atoms. The SMILES string of the molecule is CC(C)C(=O)C1C2C=CC(C2)C1c1ccccc1. The van der Waals surface area contributed by atoms with E-state index in [-0.39, 0.29) is 11.8 Å². The van der Waals surface area contributed by atoms with Crippen LogP contribution in [-0.2, 0) is 4.79 Å². The van der Waals surface area contributed by atoms with E-state index in [1.54, 1.807) is 0 Å². The highest BCUT2D eigenvalue weighted by molar-refractivity contribution is 5.85. The number of benzene rings is 1. The van der Waals surface area contributed by atoms with Gasteiger partial charge in [0.15, 0.2) is 0 Å². The average molecular weight is 240 g/mol. The Balaban J connectivity index is 1.97. The molecule has 1 aromatic rings. The number of allylic oxidation sites excluding steroid dienone is 2. The molecule has 1 fully saturated rings. The second-order valence-corrected chi connectivity index (χ2v) is 5.97. The normalized spacial score (nSPS) is 33.3. The van der Waals surface area contributed by atoms with Crippen molar-refractivity contribution in [2.45, 2.75) is 26.2 Å². The van der Waals surface area contributed by atoms with Crippen LogP contribution in [0.1, 0.15) is 31.7 Å². The number of carbonyl (C=O) groups excluding carboxylic acids is 1. The number of ketones is 1. The highest BCUT2D eigenvalue weighted by atomic mass is 16.1. The first-order valence-electron chi connectivity index (χ1n) is 6.95. The predicted octanol–water partition coefficient (Wildman–Crippen LogP) is 3.82. The Hall–Kier alpha value is -1.37. The van der Waals surface area contributed by atoms with Crippen molar-refractivity contribution < 1.29 is 4.79 Å². The minimum atomic E-state index is 0.147. The number of carbonyl (C=O) groups is 1. The lowest BCUT2D eigenvalue weighted by Gasteiger charge is -2.28. The van der Waals surface area contributed by atoms with Crippen molar-refractivity contribution in [1.82, 2.24) is 0 Å². The number of hydrogen-bond donors (Lipinski definition) is 0. The maximum atomic E-state index is 12.5. The second kappa shape index (κ2) is 4.38. The molecule has 1 heteroatoms. The maximum Gasteiger partial charge on any atom is 0.139 e. The van der Waals surface area contributed by atoms with E-state index in [2.05, 4.69) is 36.4 Å². The van der Waals surface area contributed by atoms with E-state index in [9.17, 15) is 4.79 Å². The van der Waals surface area contributed by atoms with E-state index >= 15 is 0 Å². The third-order valence-corrected chi connectivity index (χ3v) is 4.54. The molecule has 2 aliphatic rings. The number of hydrogen-bond acceptors (Lipinski definition) is 1. The minimum Gasteiger partial charge on any atom is -0.299 e. The molecule has 0 radical (unpaired) electrons. The summed E-state index contributed by atoms with van der Waals surface area (Å²) in [6.45, 7) is 4.06. The van der Waals surface area contributed by atoms with Crippen LogP contribution in [-0.4, -0.2) is 5.78 Å². The van der Waals surface area contributed by atoms with Crippen LogP contribution in [0.25, 0.3) is 0 Å². The Morgan fingerprint density at radius 1 is 1.11 bits per heavy atom. The lowest BCUT2D eigenvalue weighted by Crippen LogP contribution is -2.29. The molecule has 0 N–H and O–H groups in total. The van der Waals surface area contributed by atoms with Crippen LogP contribution in [0.15, 0.2) is 42.5 Å². The van der Waals surface area contributed by atoms with Gasteiger partial charge in [0.25, 0.3) is 0 Å². The van der Waals surface area contributed by atoms with Gasteiger partial charge in [0.1, 0.15) is 5.78 Å². The molecule has 0 aliphatic heterocycles. The van der Waals surface area contributed by atoms with Gasteiger partial charge in [-0.25, -0.2) is 0 Å². The van der Waals surface area contributed by atoms with Gasteiger partial charge in [-0.2, -0.15) is 0 Å². The molecule has 2 aliphatic carbocycles. The van der Waals surface area contributed by atoms with Crippen molar-refractivity contribution in [2.24, 2.45) is 23.7 Å². The largest absolute Gasteiger partial charge is 0.299 e. The molecule has 1 aromatic carbocycles. The topological polar surface area (TPSA) is 17.1 Å². The third kappa shape index (κ3) is 1.73. The first kappa shape index (κ1) is 11.7. The summed E-state index contributed by atoms with van der Waals surface area (Å²) in [5.41, 5.74) is 1.34. The van der Waals surface area contributed by atoms with E-state index < -0.39 is 0 Å². The molecule has 0 spiro atoms. The van der Waals surface area contributed by atoms with Gasteiger partial charge in [-0.1, -0.05) is 56.3 Å². The van der Waals surface area contributed by atoms with Crippen molar-refractivity contribution in [3.8, 4) is 0 Å². The monoisotopic (exact) mass is 240 g/mol. The zero-order valence-electron chi connectivity index (χ0n) is 11.0. The average Bonchev–Trinajstić information content (AvgIpc) is 2.98. The fraction of sp³-hybridized carbons (Fsp3) is 0.471. The molecule has 0 amide bonds. The summed E-state index contributed by atoms with van der Waals surface area (Å²) >= 11 is 0. The van der Waals surface area contributed by atoms with Gasteiger partial charge in [-0.05, 0) is 23.8 Å². The number of fused-ring (bicyclic) bond motifs is 2. The predicted molar refractivity (Wildman–Crippen MR) is 73.3 cm³/mol. The molecular formula is C17H20O. The summed E-state index contributed by atoms with van der Waals surface area (Å²) in [6, 6.07) is 10.6. The highest BCUT2D eigenvalue weighted by Gasteiger charge is 2.48. The Morgan fingerprint density at radius 2 is 1.78 bits per heavy atom. The number of rotatable bonds is 3. The van der Waals surface area contributed by atoms with Gasteiger partial charge in [-0.15, -0.1) is 0 Å². The van der Waals surface area contributed by atoms with E-state index in [1.807, 2.05) is 19.9 Å². The second-order valence-electron chi connectivity index (χ2n) is 5.97. The lowest BCUT2D eigenvalue weighted by molar-refractivity contribution is -0.127. The molecule has 0 saturated heterocycles. The van der Waals surface area contributed by atoms with Gasteiger partial charge < -0.3 is 0 Å². The third-order valence-electron chi connectivity index (χ3n) is 4.54. The van der Waals surface area contributed by atoms with Gasteiger partial charge >= 0.3 is 0 Å². The first-order valence-corrected chi connectivity index (χ1v) is 6.95. The van der Waals surface area contributed by atoms with E-state index in [4.69, 9.17) is 0 Å². The Kier molecular flexibility index (Phi) is 2.85. The lowest BCUT2D eigenvalue weighted by atomic mass is 9.74. The summed E-state index contributed by atoms with van der Waals surface area (Å²) in [7, 11) is 0. The van der Waals surface area contributed by atoms with Crippen molar-refractivity contribution in [1.29, 1.82) is 0 Å². The van der Waals surface area contributed by atoms with Crippen LogP contribution in [0, 0.1) is 23.7 Å². The van der Waals surface area contributed by atoms with E-state index in [0.29, 0.717) is 23.5 Å². The molecular weight excluding hydrogens is 220 g/mol. The van der Waals surface area contributed by atoms with Crippen LogP contribution < -0.4 is 0 Å². The summed E-state index contributed by atoms with van der Waals surface area (Å²) in [5, 5.41) is 0. The molecule has 1 nitrogen and oxygen atoms in total. The van der Waals surface area contributed by atoms with Crippen LogP contribution >= 0.6 is 0 Å². The standard InChI is InChI=1S/C17H20O/c1-11(2)17(18)16-14-9-8-13(10-14)15(16)12-6-4-3-5-7-12/h3-9,11,13-16H,10H2,1-2H3. The fourth-order valence-electron chi connectivity index (χ4n) is 3.72.